The number of hydrogen-bond donors (Lipinski definition) is 4. The van der Waals surface area contributed by atoms with Gasteiger partial charge in [0, 0.05) is 51.4 Å². The number of nitrogens with one attached hydrogen (secondary N) is 2. The van der Waals surface area contributed by atoms with E-state index >= 15 is 0 Å². The number of carbonyl (C=O) groups excluding carboxylic acids is 5. The largest absolute Gasteiger partial charge is 0.370 e. The van der Waals surface area contributed by atoms with Crippen LogP contribution in [0.5, 0.6) is 0 Å². The fraction of sp³-hybridized carbons (Fsp3) is 0.680. The summed E-state index contributed by atoms with van der Waals surface area (Å²) >= 11 is 0. The number of aliphatic imine (C=N–C) groups is 1. The van der Waals surface area contributed by atoms with Gasteiger partial charge in [-0.2, -0.15) is 0 Å². The van der Waals surface area contributed by atoms with E-state index in [4.69, 9.17) is 12.8 Å². The molecule has 0 saturated heterocycles. The predicted molar refractivity (Wildman–Crippen MR) is 137 cm³/mol. The molecule has 1 rings (SSSR count). The molecule has 4 amide bonds. The highest BCUT2D eigenvalue weighted by Crippen LogP contribution is 2.17. The van der Waals surface area contributed by atoms with Crippen molar-refractivity contribution in [1.29, 1.82) is 0 Å². The summed E-state index contributed by atoms with van der Waals surface area (Å²) in [5.41, 5.74) is 10.7. The Morgan fingerprint density at radius 1 is 1.03 bits per heavy atom. The monoisotopic (exact) mass is 507 g/mol. The lowest BCUT2D eigenvalue weighted by Gasteiger charge is -2.24. The maximum Gasteiger partial charge on any atom is 0.253 e. The second-order valence-electron chi connectivity index (χ2n) is 9.49. The zero-order valence-corrected chi connectivity index (χ0v) is 21.6. The number of nitrogens with zero attached hydrogens (tertiary/aromatic N) is 2. The zero-order valence-electron chi connectivity index (χ0n) is 22.6. The van der Waals surface area contributed by atoms with Gasteiger partial charge < -0.3 is 22.1 Å². The highest BCUT2D eigenvalue weighted by Gasteiger charge is 2.29. The van der Waals surface area contributed by atoms with Crippen LogP contribution in [0.15, 0.2) is 17.1 Å². The number of rotatable bonds is 17. The third kappa shape index (κ3) is 11.5. The highest BCUT2D eigenvalue weighted by atomic mass is 16.2. The molecule has 1 heterocycles. The van der Waals surface area contributed by atoms with Crippen LogP contribution >= 0.6 is 0 Å². The van der Waals surface area contributed by atoms with Crippen LogP contribution in [0.1, 0.15) is 74.0 Å². The Kier molecular flexibility index (Phi) is 12.6. The van der Waals surface area contributed by atoms with Gasteiger partial charge in [-0.1, -0.05) is 20.3 Å². The SMILES string of the molecule is [2H]C[C@@H](C)NC(=O)[C@H](CCCN=C(N)N)CC(=O)[C@@H](NC(=O)CCCCCN1C(=O)C=CC1=O)C(C)C. The van der Waals surface area contributed by atoms with Crippen LogP contribution in [0.25, 0.3) is 0 Å². The molecule has 0 saturated carbocycles. The summed E-state index contributed by atoms with van der Waals surface area (Å²) in [6.07, 6.45) is 5.32. The van der Waals surface area contributed by atoms with Crippen molar-refractivity contribution in [3.05, 3.63) is 12.2 Å². The first-order valence-electron chi connectivity index (χ1n) is 13.2. The molecule has 0 radical (unpaired) electrons. The van der Waals surface area contributed by atoms with Gasteiger partial charge >= 0.3 is 0 Å². The van der Waals surface area contributed by atoms with Crippen molar-refractivity contribution in [3.8, 4) is 0 Å². The van der Waals surface area contributed by atoms with Gasteiger partial charge in [-0.3, -0.25) is 33.9 Å². The molecule has 0 aromatic rings. The van der Waals surface area contributed by atoms with E-state index in [1.165, 1.54) is 17.1 Å². The molecular formula is C25H42N6O5. The van der Waals surface area contributed by atoms with Gasteiger partial charge in [0.2, 0.25) is 11.8 Å². The molecule has 0 bridgehead atoms. The van der Waals surface area contributed by atoms with Crippen molar-refractivity contribution < 1.29 is 25.3 Å². The Labute approximate surface area is 214 Å². The number of guanidine groups is 1. The lowest BCUT2D eigenvalue weighted by Crippen LogP contribution is -2.46. The Balaban J connectivity index is 2.60. The molecule has 6 N–H and O–H groups in total. The van der Waals surface area contributed by atoms with Crippen LogP contribution in [0.3, 0.4) is 0 Å². The van der Waals surface area contributed by atoms with Gasteiger partial charge in [0.25, 0.3) is 11.8 Å². The van der Waals surface area contributed by atoms with E-state index in [-0.39, 0.29) is 67.1 Å². The van der Waals surface area contributed by atoms with E-state index in [1.807, 2.05) is 13.8 Å². The predicted octanol–water partition coefficient (Wildman–Crippen LogP) is 0.766. The van der Waals surface area contributed by atoms with Crippen LogP contribution < -0.4 is 22.1 Å². The minimum absolute atomic E-state index is 0.0205. The quantitative estimate of drug-likeness (QED) is 0.0972. The maximum absolute atomic E-state index is 13.1. The van der Waals surface area contributed by atoms with Crippen molar-refractivity contribution >= 4 is 35.4 Å². The minimum atomic E-state index is -0.736. The number of nitrogens with two attached hydrogens (primary N) is 2. The van der Waals surface area contributed by atoms with Crippen LogP contribution in [0.2, 0.25) is 0 Å². The highest BCUT2D eigenvalue weighted by molar-refractivity contribution is 6.12. The molecule has 0 aliphatic carbocycles. The molecule has 36 heavy (non-hydrogen) atoms. The van der Waals surface area contributed by atoms with E-state index in [0.717, 1.165) is 0 Å². The van der Waals surface area contributed by atoms with Gasteiger partial charge in [-0.25, -0.2) is 0 Å². The number of hydrogen-bond acceptors (Lipinski definition) is 6. The number of amides is 4. The molecule has 3 atom stereocenters. The number of imide groups is 1. The first kappa shape index (κ1) is 29.0. The second-order valence-corrected chi connectivity index (χ2v) is 9.49. The average molecular weight is 508 g/mol. The molecule has 0 fully saturated rings. The van der Waals surface area contributed by atoms with Crippen LogP contribution in [0, 0.1) is 11.8 Å². The molecule has 0 aromatic carbocycles. The third-order valence-corrected chi connectivity index (χ3v) is 5.73. The van der Waals surface area contributed by atoms with Gasteiger partial charge in [-0.05, 0) is 45.4 Å². The molecule has 1 aliphatic rings. The number of ketones is 1. The van der Waals surface area contributed by atoms with Gasteiger partial charge in [0.05, 0.1) is 6.04 Å². The summed E-state index contributed by atoms with van der Waals surface area (Å²) in [6, 6.07) is -1.08. The summed E-state index contributed by atoms with van der Waals surface area (Å²) < 4.78 is 7.43. The standard InChI is InChI=1S/C25H42N6O5/c1-16(2)23(30-20(33)10-6-5-7-14-31-21(34)11-12-22(31)35)19(32)15-18(24(36)29-17(3)4)9-8-13-28-25(26)27/h11-12,16-18,23H,5-10,13-15H2,1-4H3,(H,29,36)(H,30,33)(H4,26,27,28)/t18-,23+/m1/s1/i3D/t17-,18+,23-/m0. The topological polar surface area (TPSA) is 177 Å². The van der Waals surface area contributed by atoms with Crippen molar-refractivity contribution in [3.63, 3.8) is 0 Å². The maximum atomic E-state index is 13.1. The lowest BCUT2D eigenvalue weighted by atomic mass is 9.89. The summed E-state index contributed by atoms with van der Waals surface area (Å²) in [5.74, 6) is -2.29. The van der Waals surface area contributed by atoms with Crippen molar-refractivity contribution in [2.45, 2.75) is 84.7 Å². The Morgan fingerprint density at radius 3 is 2.28 bits per heavy atom. The summed E-state index contributed by atoms with van der Waals surface area (Å²) in [4.78, 5) is 66.7. The van der Waals surface area contributed by atoms with E-state index in [2.05, 4.69) is 15.6 Å². The smallest absolute Gasteiger partial charge is 0.253 e. The molecule has 11 heteroatoms. The Hall–Kier alpha value is -3.24. The Bertz CT molecular complexity index is 854. The minimum Gasteiger partial charge on any atom is -0.370 e. The number of unbranched alkanes of at least 4 members (excludes halogenated alkanes) is 2. The summed E-state index contributed by atoms with van der Waals surface area (Å²) in [6.45, 7) is 6.04. The molecule has 0 unspecified atom stereocenters. The fourth-order valence-electron chi connectivity index (χ4n) is 3.85. The molecule has 0 aromatic heterocycles. The second kappa shape index (κ2) is 15.7. The van der Waals surface area contributed by atoms with E-state index < -0.39 is 12.0 Å². The zero-order chi connectivity index (χ0) is 28.0. The van der Waals surface area contributed by atoms with Crippen LogP contribution in [-0.2, 0) is 24.0 Å². The van der Waals surface area contributed by atoms with E-state index in [9.17, 15) is 24.0 Å². The Morgan fingerprint density at radius 2 is 1.69 bits per heavy atom. The van der Waals surface area contributed by atoms with Crippen molar-refractivity contribution in [2.24, 2.45) is 28.3 Å². The first-order valence-corrected chi connectivity index (χ1v) is 12.5. The van der Waals surface area contributed by atoms with Gasteiger partial charge in [0.15, 0.2) is 11.7 Å². The van der Waals surface area contributed by atoms with Crippen LogP contribution in [-0.4, -0.2) is 65.4 Å². The fourth-order valence-corrected chi connectivity index (χ4v) is 3.85. The van der Waals surface area contributed by atoms with Crippen molar-refractivity contribution in [2.75, 3.05) is 13.1 Å². The first-order chi connectivity index (χ1) is 17.5. The third-order valence-electron chi connectivity index (χ3n) is 5.73. The molecular weight excluding hydrogens is 464 g/mol. The number of Topliss-reactive ketones (excluding diaryl/α,β-unsaturated/α-hetero) is 1. The summed E-state index contributed by atoms with van der Waals surface area (Å²) in [7, 11) is 0. The molecule has 1 aliphatic heterocycles. The van der Waals surface area contributed by atoms with Crippen LogP contribution in [0.4, 0.5) is 0 Å². The van der Waals surface area contributed by atoms with Gasteiger partial charge in [-0.15, -0.1) is 0 Å². The average Bonchev–Trinajstić information content (AvgIpc) is 3.15. The molecule has 11 nitrogen and oxygen atoms in total. The molecule has 0 spiro atoms. The normalized spacial score (nSPS) is 15.9. The van der Waals surface area contributed by atoms with Gasteiger partial charge in [0.1, 0.15) is 0 Å². The lowest BCUT2D eigenvalue weighted by molar-refractivity contribution is -0.137. The van der Waals surface area contributed by atoms with E-state index in [0.29, 0.717) is 45.2 Å². The summed E-state index contributed by atoms with van der Waals surface area (Å²) in [5, 5.41) is 5.57. The number of carbonyl (C=O) groups is 5. The van der Waals surface area contributed by atoms with E-state index in [1.54, 1.807) is 6.92 Å². The molecule has 202 valence electrons. The van der Waals surface area contributed by atoms with Crippen molar-refractivity contribution in [1.82, 2.24) is 15.5 Å².